The molecular weight excluding hydrogens is 442 g/mol. The van der Waals surface area contributed by atoms with Gasteiger partial charge in [0.15, 0.2) is 0 Å². The number of nitrogens with one attached hydrogen (secondary N) is 1. The van der Waals surface area contributed by atoms with Gasteiger partial charge in [-0.2, -0.15) is 0 Å². The van der Waals surface area contributed by atoms with Crippen molar-refractivity contribution in [2.24, 2.45) is 0 Å². The fraction of sp³-hybridized carbons (Fsp3) is 0.500. The zero-order valence-corrected chi connectivity index (χ0v) is 20.4. The lowest BCUT2D eigenvalue weighted by Crippen LogP contribution is -2.50. The molecule has 0 spiro atoms. The Morgan fingerprint density at radius 2 is 2.06 bits per heavy atom. The third-order valence-corrected chi connectivity index (χ3v) is 6.57. The minimum absolute atomic E-state index is 0.00591. The van der Waals surface area contributed by atoms with Gasteiger partial charge in [0.2, 0.25) is 5.91 Å². The summed E-state index contributed by atoms with van der Waals surface area (Å²) in [5.41, 5.74) is 1.11. The molecule has 0 saturated heterocycles. The molecule has 9 heteroatoms. The molecule has 33 heavy (non-hydrogen) atoms. The third kappa shape index (κ3) is 6.61. The van der Waals surface area contributed by atoms with E-state index in [-0.39, 0.29) is 24.5 Å². The van der Waals surface area contributed by atoms with Gasteiger partial charge < -0.3 is 29.3 Å². The summed E-state index contributed by atoms with van der Waals surface area (Å²) in [6.45, 7) is 4.17. The zero-order valence-electron chi connectivity index (χ0n) is 19.5. The van der Waals surface area contributed by atoms with Gasteiger partial charge in [-0.3, -0.25) is 4.79 Å². The highest BCUT2D eigenvalue weighted by Gasteiger charge is 2.33. The SMILES string of the molecule is CCCNC(=O)N(CCOC)CC(=O)N1CCc2sccc2[C@@H]1COc1cccc(OC)c1. The number of hydrogen-bond donors (Lipinski definition) is 1. The molecule has 1 aromatic heterocycles. The smallest absolute Gasteiger partial charge is 0.317 e. The van der Waals surface area contributed by atoms with Crippen LogP contribution in [0.1, 0.15) is 29.8 Å². The minimum atomic E-state index is -0.250. The van der Waals surface area contributed by atoms with Crippen molar-refractivity contribution in [1.29, 1.82) is 0 Å². The van der Waals surface area contributed by atoms with E-state index in [0.29, 0.717) is 44.3 Å². The molecule has 0 bridgehead atoms. The Morgan fingerprint density at radius 1 is 1.24 bits per heavy atom. The van der Waals surface area contributed by atoms with Crippen LogP contribution in [0.5, 0.6) is 11.5 Å². The predicted molar refractivity (Wildman–Crippen MR) is 128 cm³/mol. The first kappa shape index (κ1) is 24.9. The number of amides is 3. The summed E-state index contributed by atoms with van der Waals surface area (Å²) in [7, 11) is 3.20. The molecule has 0 fully saturated rings. The van der Waals surface area contributed by atoms with Crippen LogP contribution in [0.25, 0.3) is 0 Å². The van der Waals surface area contributed by atoms with Crippen LogP contribution in [0.4, 0.5) is 4.79 Å². The number of carbonyl (C=O) groups excluding carboxylic acids is 2. The minimum Gasteiger partial charge on any atom is -0.497 e. The number of hydrogen-bond acceptors (Lipinski definition) is 6. The number of rotatable bonds is 11. The maximum atomic E-state index is 13.4. The lowest BCUT2D eigenvalue weighted by molar-refractivity contribution is -0.135. The monoisotopic (exact) mass is 475 g/mol. The van der Waals surface area contributed by atoms with Gasteiger partial charge >= 0.3 is 6.03 Å². The Hall–Kier alpha value is -2.78. The van der Waals surface area contributed by atoms with Gasteiger partial charge in [-0.15, -0.1) is 11.3 Å². The van der Waals surface area contributed by atoms with Crippen molar-refractivity contribution in [1.82, 2.24) is 15.1 Å². The molecule has 1 aromatic carbocycles. The molecule has 1 aliphatic rings. The Bertz CT molecular complexity index is 919. The number of urea groups is 1. The highest BCUT2D eigenvalue weighted by molar-refractivity contribution is 7.10. The molecule has 2 heterocycles. The summed E-state index contributed by atoms with van der Waals surface area (Å²) in [5, 5.41) is 4.91. The van der Waals surface area contributed by atoms with Crippen LogP contribution in [-0.2, 0) is 16.0 Å². The first-order chi connectivity index (χ1) is 16.1. The van der Waals surface area contributed by atoms with Crippen LogP contribution < -0.4 is 14.8 Å². The average molecular weight is 476 g/mol. The highest BCUT2D eigenvalue weighted by atomic mass is 32.1. The molecule has 0 aliphatic carbocycles. The molecule has 0 saturated carbocycles. The molecule has 0 unspecified atom stereocenters. The van der Waals surface area contributed by atoms with Gasteiger partial charge in [-0.05, 0) is 42.0 Å². The molecule has 1 N–H and O–H groups in total. The second-order valence-corrected chi connectivity index (χ2v) is 8.79. The quantitative estimate of drug-likeness (QED) is 0.539. The first-order valence-corrected chi connectivity index (χ1v) is 12.1. The van der Waals surface area contributed by atoms with Crippen molar-refractivity contribution in [3.05, 3.63) is 46.2 Å². The number of benzene rings is 1. The molecule has 8 nitrogen and oxygen atoms in total. The van der Waals surface area contributed by atoms with Gasteiger partial charge in [0.1, 0.15) is 24.7 Å². The maximum Gasteiger partial charge on any atom is 0.317 e. The molecule has 1 aliphatic heterocycles. The summed E-state index contributed by atoms with van der Waals surface area (Å²) in [4.78, 5) is 30.6. The van der Waals surface area contributed by atoms with E-state index >= 15 is 0 Å². The van der Waals surface area contributed by atoms with E-state index in [1.54, 1.807) is 25.6 Å². The Kier molecular flexibility index (Phi) is 9.38. The van der Waals surface area contributed by atoms with E-state index in [4.69, 9.17) is 14.2 Å². The van der Waals surface area contributed by atoms with Crippen molar-refractivity contribution < 1.29 is 23.8 Å². The van der Waals surface area contributed by atoms with Crippen molar-refractivity contribution in [3.8, 4) is 11.5 Å². The molecule has 1 atom stereocenters. The summed E-state index contributed by atoms with van der Waals surface area (Å²) >= 11 is 1.71. The molecule has 2 aromatic rings. The van der Waals surface area contributed by atoms with Crippen molar-refractivity contribution in [3.63, 3.8) is 0 Å². The summed E-state index contributed by atoms with van der Waals surface area (Å²) in [6.07, 6.45) is 1.63. The van der Waals surface area contributed by atoms with E-state index in [9.17, 15) is 9.59 Å². The molecular formula is C24H33N3O5S. The first-order valence-electron chi connectivity index (χ1n) is 11.2. The Balaban J connectivity index is 1.73. The normalized spacial score (nSPS) is 15.0. The number of carbonyl (C=O) groups is 2. The van der Waals surface area contributed by atoms with E-state index < -0.39 is 0 Å². The van der Waals surface area contributed by atoms with Crippen LogP contribution >= 0.6 is 11.3 Å². The highest BCUT2D eigenvalue weighted by Crippen LogP contribution is 2.34. The molecule has 3 rings (SSSR count). The van der Waals surface area contributed by atoms with Gasteiger partial charge in [-0.1, -0.05) is 13.0 Å². The second kappa shape index (κ2) is 12.5. The lowest BCUT2D eigenvalue weighted by atomic mass is 10.0. The molecule has 180 valence electrons. The zero-order chi connectivity index (χ0) is 23.6. The van der Waals surface area contributed by atoms with Gasteiger partial charge in [0.05, 0.1) is 19.8 Å². The largest absolute Gasteiger partial charge is 0.497 e. The number of ether oxygens (including phenoxy) is 3. The van der Waals surface area contributed by atoms with Crippen molar-refractivity contribution in [2.45, 2.75) is 25.8 Å². The van der Waals surface area contributed by atoms with Crippen LogP contribution in [0, 0.1) is 0 Å². The van der Waals surface area contributed by atoms with Gasteiger partial charge in [-0.25, -0.2) is 4.79 Å². The van der Waals surface area contributed by atoms with E-state index in [2.05, 4.69) is 16.8 Å². The van der Waals surface area contributed by atoms with Gasteiger partial charge in [0, 0.05) is 37.7 Å². The Morgan fingerprint density at radius 3 is 2.82 bits per heavy atom. The molecule has 3 amide bonds. The second-order valence-electron chi connectivity index (χ2n) is 7.79. The van der Waals surface area contributed by atoms with E-state index in [0.717, 1.165) is 18.4 Å². The number of fused-ring (bicyclic) bond motifs is 1. The summed E-state index contributed by atoms with van der Waals surface area (Å²) < 4.78 is 16.5. The topological polar surface area (TPSA) is 80.3 Å². The van der Waals surface area contributed by atoms with Crippen LogP contribution in [0.15, 0.2) is 35.7 Å². The van der Waals surface area contributed by atoms with Crippen LogP contribution in [-0.4, -0.2) is 75.4 Å². The summed E-state index contributed by atoms with van der Waals surface area (Å²) in [6, 6.07) is 9.02. The fourth-order valence-corrected chi connectivity index (χ4v) is 4.72. The fourth-order valence-electron chi connectivity index (χ4n) is 3.79. The summed E-state index contributed by atoms with van der Waals surface area (Å²) in [5.74, 6) is 1.30. The van der Waals surface area contributed by atoms with Crippen molar-refractivity contribution in [2.75, 3.05) is 53.6 Å². The van der Waals surface area contributed by atoms with Crippen LogP contribution in [0.3, 0.4) is 0 Å². The van der Waals surface area contributed by atoms with Crippen LogP contribution in [0.2, 0.25) is 0 Å². The van der Waals surface area contributed by atoms with E-state index in [1.165, 1.54) is 9.78 Å². The third-order valence-electron chi connectivity index (χ3n) is 5.57. The lowest BCUT2D eigenvalue weighted by Gasteiger charge is -2.37. The van der Waals surface area contributed by atoms with Crippen molar-refractivity contribution >= 4 is 23.3 Å². The van der Waals surface area contributed by atoms with E-state index in [1.807, 2.05) is 36.1 Å². The predicted octanol–water partition coefficient (Wildman–Crippen LogP) is 3.33. The Labute approximate surface area is 199 Å². The average Bonchev–Trinajstić information content (AvgIpc) is 3.32. The standard InChI is InChI=1S/C24H33N3O5S/c1-4-10-25-24(29)26(12-13-30-2)16-23(28)27-11-8-22-20(9-14-33-22)21(27)17-32-19-7-5-6-18(15-19)31-3/h5-7,9,14-15,21H,4,8,10-13,16-17H2,1-3H3,(H,25,29)/t21-/m0/s1. The maximum absolute atomic E-state index is 13.4. The number of nitrogens with zero attached hydrogens (tertiary/aromatic N) is 2. The number of thiophene rings is 1. The number of methoxy groups -OCH3 is 2. The molecule has 0 radical (unpaired) electrons. The van der Waals surface area contributed by atoms with Gasteiger partial charge in [0.25, 0.3) is 0 Å².